The van der Waals surface area contributed by atoms with E-state index in [1.165, 1.54) is 6.07 Å². The van der Waals surface area contributed by atoms with Crippen molar-refractivity contribution in [2.45, 2.75) is 62.9 Å². The van der Waals surface area contributed by atoms with Gasteiger partial charge < -0.3 is 45.4 Å². The Hall–Kier alpha value is -3.14. The average molecular weight is 668 g/mol. The molecule has 2 aliphatic rings. The lowest BCUT2D eigenvalue weighted by atomic mass is 9.92. The van der Waals surface area contributed by atoms with Gasteiger partial charge in [0.25, 0.3) is 0 Å². The second kappa shape index (κ2) is 17.1. The second-order valence-electron chi connectivity index (χ2n) is 12.0. The molecular formula is C31H43ClFN5O8. The summed E-state index contributed by atoms with van der Waals surface area (Å²) >= 11 is 5.87. The van der Waals surface area contributed by atoms with Crippen LogP contribution >= 0.6 is 11.6 Å². The summed E-state index contributed by atoms with van der Waals surface area (Å²) in [5.41, 5.74) is 0.260. The first-order valence-corrected chi connectivity index (χ1v) is 15.9. The third-order valence-corrected chi connectivity index (χ3v) is 8.71. The molecule has 15 heteroatoms. The van der Waals surface area contributed by atoms with E-state index in [9.17, 15) is 34.4 Å². The van der Waals surface area contributed by atoms with Crippen LogP contribution in [0.2, 0.25) is 5.02 Å². The molecule has 0 aliphatic carbocycles. The zero-order valence-corrected chi connectivity index (χ0v) is 26.3. The average Bonchev–Trinajstić information content (AvgIpc) is 3.04. The molecule has 6 N–H and O–H groups in total. The number of halogens is 2. The van der Waals surface area contributed by atoms with Gasteiger partial charge in [-0.3, -0.25) is 9.59 Å². The fourth-order valence-corrected chi connectivity index (χ4v) is 5.73. The number of amides is 2. The van der Waals surface area contributed by atoms with Crippen molar-refractivity contribution in [1.82, 2.24) is 20.2 Å². The van der Waals surface area contributed by atoms with Gasteiger partial charge in [-0.15, -0.1) is 0 Å². The number of aliphatic hydroxyl groups is 5. The summed E-state index contributed by atoms with van der Waals surface area (Å²) in [5, 5.41) is 50.5. The van der Waals surface area contributed by atoms with Crippen LogP contribution in [0.25, 0.3) is 0 Å². The Bertz CT molecular complexity index is 1280. The van der Waals surface area contributed by atoms with Crippen LogP contribution in [-0.4, -0.2) is 123 Å². The van der Waals surface area contributed by atoms with Gasteiger partial charge in [0.1, 0.15) is 29.9 Å². The van der Waals surface area contributed by atoms with E-state index < -0.39 is 42.7 Å². The highest BCUT2D eigenvalue weighted by molar-refractivity contribution is 6.30. The number of benzene rings is 1. The minimum atomic E-state index is -1.78. The Balaban J connectivity index is 1.08. The lowest BCUT2D eigenvalue weighted by molar-refractivity contribution is -0.139. The molecule has 4 atom stereocenters. The van der Waals surface area contributed by atoms with Crippen LogP contribution < -0.4 is 15.0 Å². The molecule has 0 spiro atoms. The van der Waals surface area contributed by atoms with Crippen molar-refractivity contribution in [1.29, 1.82) is 0 Å². The number of aromatic nitrogens is 2. The maximum Gasteiger partial charge on any atom is 0.227 e. The highest BCUT2D eigenvalue weighted by Gasteiger charge is 2.33. The third-order valence-electron chi connectivity index (χ3n) is 8.51. The van der Waals surface area contributed by atoms with Gasteiger partial charge in [0, 0.05) is 51.1 Å². The number of hydrogen-bond donors (Lipinski definition) is 6. The van der Waals surface area contributed by atoms with Crippen molar-refractivity contribution in [3.8, 4) is 5.75 Å². The summed E-state index contributed by atoms with van der Waals surface area (Å²) in [5.74, 6) is 0.380. The van der Waals surface area contributed by atoms with E-state index in [4.69, 9.17) is 21.4 Å². The first kappa shape index (κ1) is 35.7. The van der Waals surface area contributed by atoms with Gasteiger partial charge in [-0.2, -0.15) is 0 Å². The van der Waals surface area contributed by atoms with Crippen molar-refractivity contribution < 1.29 is 44.2 Å². The molecule has 2 saturated heterocycles. The van der Waals surface area contributed by atoms with E-state index in [0.29, 0.717) is 42.3 Å². The molecule has 2 aliphatic heterocycles. The maximum absolute atomic E-state index is 14.8. The lowest BCUT2D eigenvalue weighted by Gasteiger charge is -2.39. The summed E-state index contributed by atoms with van der Waals surface area (Å²) in [7, 11) is 0. The molecule has 1 aromatic heterocycles. The predicted octanol–water partition coefficient (Wildman–Crippen LogP) is 0.288. The number of carbonyl (C=O) groups is 2. The molecule has 3 heterocycles. The number of rotatable bonds is 16. The summed E-state index contributed by atoms with van der Waals surface area (Å²) in [6.07, 6.45) is 0.361. The number of ether oxygens (including phenoxy) is 1. The van der Waals surface area contributed by atoms with Crippen molar-refractivity contribution in [3.63, 3.8) is 0 Å². The summed E-state index contributed by atoms with van der Waals surface area (Å²) in [6, 6.07) is 4.51. The summed E-state index contributed by atoms with van der Waals surface area (Å²) in [6.45, 7) is 1.72. The van der Waals surface area contributed by atoms with Gasteiger partial charge in [0.2, 0.25) is 17.8 Å². The minimum Gasteiger partial charge on any atom is -0.493 e. The standard InChI is InChI=1S/C31H43ClFN5O8/c32-22-13-35-31(36-14-22)37-7-5-19(6-8-37)2-1-9-46-23-4-3-21(24(33)12-23)11-28(43)38-16-20(17-38)10-27(42)34-15-25(40)29(44)30(45)26(41)18-39/h3-4,12-14,19-20,25-26,29-30,39-41,44-45H,1-2,5-11,15-18H2,(H,34,42)/t25-,26+,29+,30+/m0/s1. The molecule has 4 rings (SSSR count). The molecular weight excluding hydrogens is 625 g/mol. The number of likely N-dealkylation sites (tertiary alicyclic amines) is 1. The Labute approximate surface area is 272 Å². The number of anilines is 1. The van der Waals surface area contributed by atoms with Gasteiger partial charge in [-0.05, 0) is 43.2 Å². The normalized spacial score (nSPS) is 18.4. The topological polar surface area (TPSA) is 189 Å². The Morgan fingerprint density at radius 1 is 1.04 bits per heavy atom. The Morgan fingerprint density at radius 2 is 1.72 bits per heavy atom. The van der Waals surface area contributed by atoms with Gasteiger partial charge >= 0.3 is 0 Å². The molecule has 0 bridgehead atoms. The number of piperidine rings is 1. The second-order valence-corrected chi connectivity index (χ2v) is 12.5. The molecule has 46 heavy (non-hydrogen) atoms. The van der Waals surface area contributed by atoms with Gasteiger partial charge in [-0.25, -0.2) is 14.4 Å². The fourth-order valence-electron chi connectivity index (χ4n) is 5.63. The molecule has 1 aromatic carbocycles. The zero-order chi connectivity index (χ0) is 33.2. The van der Waals surface area contributed by atoms with E-state index >= 15 is 0 Å². The van der Waals surface area contributed by atoms with E-state index in [0.717, 1.165) is 38.8 Å². The smallest absolute Gasteiger partial charge is 0.227 e. The van der Waals surface area contributed by atoms with Crippen molar-refractivity contribution in [2.24, 2.45) is 11.8 Å². The quantitative estimate of drug-likeness (QED) is 0.135. The zero-order valence-electron chi connectivity index (χ0n) is 25.5. The predicted molar refractivity (Wildman–Crippen MR) is 166 cm³/mol. The van der Waals surface area contributed by atoms with Crippen LogP contribution in [0.3, 0.4) is 0 Å². The van der Waals surface area contributed by atoms with E-state index in [-0.39, 0.29) is 36.8 Å². The third kappa shape index (κ3) is 10.2. The van der Waals surface area contributed by atoms with Crippen LogP contribution in [-0.2, 0) is 16.0 Å². The van der Waals surface area contributed by atoms with Crippen LogP contribution in [0.1, 0.15) is 37.7 Å². The number of hydrogen-bond acceptors (Lipinski definition) is 11. The number of nitrogens with zero attached hydrogens (tertiary/aromatic N) is 4. The van der Waals surface area contributed by atoms with Crippen LogP contribution in [0.5, 0.6) is 5.75 Å². The van der Waals surface area contributed by atoms with E-state index in [2.05, 4.69) is 20.2 Å². The van der Waals surface area contributed by atoms with Gasteiger partial charge in [0.15, 0.2) is 0 Å². The van der Waals surface area contributed by atoms with Crippen LogP contribution in [0, 0.1) is 17.7 Å². The minimum absolute atomic E-state index is 0.0758. The summed E-state index contributed by atoms with van der Waals surface area (Å²) < 4.78 is 20.5. The SMILES string of the molecule is O=C(CC1CN(C(=O)Cc2ccc(OCCCC3CCN(c4ncc(Cl)cn4)CC3)cc2F)C1)NC[C@H](O)[C@@H](O)[C@H](O)[C@H](O)CO. The highest BCUT2D eigenvalue weighted by Crippen LogP contribution is 2.26. The van der Waals surface area contributed by atoms with Crippen LogP contribution in [0.15, 0.2) is 30.6 Å². The molecule has 0 unspecified atom stereocenters. The van der Waals surface area contributed by atoms with Gasteiger partial charge in [-0.1, -0.05) is 17.7 Å². The number of aliphatic hydroxyl groups excluding tert-OH is 5. The number of carbonyl (C=O) groups excluding carboxylic acids is 2. The summed E-state index contributed by atoms with van der Waals surface area (Å²) in [4.78, 5) is 37.1. The van der Waals surface area contributed by atoms with Gasteiger partial charge in [0.05, 0.1) is 43.2 Å². The maximum atomic E-state index is 14.8. The van der Waals surface area contributed by atoms with E-state index in [1.54, 1.807) is 29.4 Å². The molecule has 2 fully saturated rings. The van der Waals surface area contributed by atoms with Crippen molar-refractivity contribution >= 4 is 29.4 Å². The highest BCUT2D eigenvalue weighted by atomic mass is 35.5. The molecule has 0 radical (unpaired) electrons. The largest absolute Gasteiger partial charge is 0.493 e. The van der Waals surface area contributed by atoms with Crippen molar-refractivity contribution in [2.75, 3.05) is 50.8 Å². The van der Waals surface area contributed by atoms with Crippen LogP contribution in [0.4, 0.5) is 10.3 Å². The molecule has 2 aromatic rings. The first-order chi connectivity index (χ1) is 22.0. The first-order valence-electron chi connectivity index (χ1n) is 15.5. The Kier molecular flexibility index (Phi) is 13.3. The van der Waals surface area contributed by atoms with Crippen molar-refractivity contribution in [3.05, 3.63) is 47.0 Å². The number of nitrogens with one attached hydrogen (secondary N) is 1. The lowest BCUT2D eigenvalue weighted by Crippen LogP contribution is -2.53. The Morgan fingerprint density at radius 3 is 2.37 bits per heavy atom. The molecule has 2 amide bonds. The molecule has 254 valence electrons. The monoisotopic (exact) mass is 667 g/mol. The fraction of sp³-hybridized carbons (Fsp3) is 0.613. The van der Waals surface area contributed by atoms with E-state index in [1.807, 2.05) is 0 Å². The molecule has 0 saturated carbocycles. The molecule has 13 nitrogen and oxygen atoms in total.